The predicted molar refractivity (Wildman–Crippen MR) is 118 cm³/mol. The van der Waals surface area contributed by atoms with Crippen molar-refractivity contribution in [2.24, 2.45) is 0 Å². The fourth-order valence-corrected chi connectivity index (χ4v) is 4.03. The van der Waals surface area contributed by atoms with Crippen LogP contribution in [-0.2, 0) is 6.42 Å². The van der Waals surface area contributed by atoms with Gasteiger partial charge in [0.15, 0.2) is 0 Å². The minimum atomic E-state index is -0.351. The van der Waals surface area contributed by atoms with Crippen molar-refractivity contribution in [3.63, 3.8) is 0 Å². The molecule has 0 saturated carbocycles. The number of rotatable bonds is 3. The number of aryl methyl sites for hydroxylation is 2. The highest BCUT2D eigenvalue weighted by atomic mass is 35.5. The Hall–Kier alpha value is -3.63. The van der Waals surface area contributed by atoms with E-state index in [1.807, 2.05) is 17.9 Å². The molecule has 1 aromatic heterocycles. The Bertz CT molecular complexity index is 1310. The number of amides is 1. The maximum absolute atomic E-state index is 13.9. The normalized spacial score (nSPS) is 13.2. The molecule has 6 nitrogen and oxygen atoms in total. The average molecular weight is 437 g/mol. The summed E-state index contributed by atoms with van der Waals surface area (Å²) in [5, 5.41) is 9.61. The summed E-state index contributed by atoms with van der Waals surface area (Å²) in [6.07, 6.45) is 0.573. The van der Waals surface area contributed by atoms with Crippen LogP contribution in [-0.4, -0.2) is 17.6 Å². The number of aromatic amines is 1. The van der Waals surface area contributed by atoms with E-state index in [-0.39, 0.29) is 34.5 Å². The summed E-state index contributed by atoms with van der Waals surface area (Å²) >= 11 is 6.24. The molecule has 0 saturated heterocycles. The number of nitriles is 1. The third kappa shape index (κ3) is 3.56. The number of aromatic nitrogens is 1. The molecule has 1 aliphatic heterocycles. The van der Waals surface area contributed by atoms with Crippen molar-refractivity contribution in [2.75, 3.05) is 16.5 Å². The minimum Gasteiger partial charge on any atom is -0.324 e. The van der Waals surface area contributed by atoms with Gasteiger partial charge in [0, 0.05) is 17.4 Å². The Labute approximate surface area is 183 Å². The number of hydrogen-bond donors (Lipinski definition) is 1. The zero-order chi connectivity index (χ0) is 22.3. The van der Waals surface area contributed by atoms with E-state index < -0.39 is 0 Å². The quantitative estimate of drug-likeness (QED) is 0.647. The molecule has 1 aliphatic rings. The molecule has 8 heteroatoms. The summed E-state index contributed by atoms with van der Waals surface area (Å²) in [6, 6.07) is 12.5. The van der Waals surface area contributed by atoms with Gasteiger partial charge in [0.05, 0.1) is 27.5 Å². The zero-order valence-electron chi connectivity index (χ0n) is 16.9. The van der Waals surface area contributed by atoms with Crippen molar-refractivity contribution in [2.45, 2.75) is 20.3 Å². The smallest absolute Gasteiger partial charge is 0.261 e. The molecule has 3 aromatic rings. The number of H-pyrrole nitrogens is 1. The van der Waals surface area contributed by atoms with E-state index in [2.05, 4.69) is 4.98 Å². The topological polar surface area (TPSA) is 80.2 Å². The van der Waals surface area contributed by atoms with Gasteiger partial charge in [0.1, 0.15) is 18.6 Å². The second-order valence-electron chi connectivity index (χ2n) is 7.22. The van der Waals surface area contributed by atoms with Gasteiger partial charge in [-0.2, -0.15) is 5.26 Å². The molecule has 1 N–H and O–H groups in total. The molecule has 0 unspecified atom stereocenters. The van der Waals surface area contributed by atoms with E-state index in [0.29, 0.717) is 29.1 Å². The third-order valence-electron chi connectivity index (χ3n) is 5.35. The number of halogens is 2. The van der Waals surface area contributed by atoms with Crippen LogP contribution in [0.1, 0.15) is 34.1 Å². The number of carbonyl (C=O) groups excluding carboxylic acids is 1. The molecule has 2 heterocycles. The SMILES string of the molecule is CCc1cc(F)ccc1N1CN(c2ccc(=O)[nH]c2C)C(=O)c2cc(Cl)c(C#N)cc21. The predicted octanol–water partition coefficient (Wildman–Crippen LogP) is 4.67. The molecule has 156 valence electrons. The first kappa shape index (κ1) is 20.6. The van der Waals surface area contributed by atoms with Crippen LogP contribution < -0.4 is 15.4 Å². The number of benzene rings is 2. The average Bonchev–Trinajstić information content (AvgIpc) is 2.74. The molecule has 0 aliphatic carbocycles. The summed E-state index contributed by atoms with van der Waals surface area (Å²) in [4.78, 5) is 31.2. The highest BCUT2D eigenvalue weighted by molar-refractivity contribution is 6.32. The molecule has 1 amide bonds. The molecule has 0 bridgehead atoms. The number of hydrogen-bond acceptors (Lipinski definition) is 4. The standard InChI is InChI=1S/C23H18ClFN4O2/c1-3-14-8-16(25)4-5-20(14)28-12-29(19-6-7-22(30)27-13(19)2)23(31)17-10-18(24)15(11-26)9-21(17)28/h4-10H,3,12H2,1-2H3,(H,27,30). The first-order valence-electron chi connectivity index (χ1n) is 9.65. The lowest BCUT2D eigenvalue weighted by Gasteiger charge is -2.39. The Kier molecular flexibility index (Phi) is 5.25. The van der Waals surface area contributed by atoms with E-state index in [4.69, 9.17) is 11.6 Å². The lowest BCUT2D eigenvalue weighted by atomic mass is 10.0. The summed E-state index contributed by atoms with van der Waals surface area (Å²) in [7, 11) is 0. The van der Waals surface area contributed by atoms with Crippen LogP contribution in [0, 0.1) is 24.1 Å². The number of pyridine rings is 1. The van der Waals surface area contributed by atoms with Gasteiger partial charge in [0.2, 0.25) is 5.56 Å². The molecular formula is C23H18ClFN4O2. The van der Waals surface area contributed by atoms with Crippen LogP contribution in [0.5, 0.6) is 0 Å². The van der Waals surface area contributed by atoms with Crippen molar-refractivity contribution in [1.82, 2.24) is 4.98 Å². The summed E-state index contributed by atoms with van der Waals surface area (Å²) < 4.78 is 13.9. The third-order valence-corrected chi connectivity index (χ3v) is 5.66. The second-order valence-corrected chi connectivity index (χ2v) is 7.63. The maximum atomic E-state index is 13.9. The minimum absolute atomic E-state index is 0.115. The molecule has 0 fully saturated rings. The van der Waals surface area contributed by atoms with Crippen molar-refractivity contribution in [3.05, 3.63) is 86.0 Å². The van der Waals surface area contributed by atoms with Crippen LogP contribution in [0.2, 0.25) is 5.02 Å². The molecule has 0 atom stereocenters. The van der Waals surface area contributed by atoms with E-state index in [1.54, 1.807) is 25.1 Å². The highest BCUT2D eigenvalue weighted by Gasteiger charge is 2.33. The number of fused-ring (bicyclic) bond motifs is 1. The fraction of sp³-hybridized carbons (Fsp3) is 0.174. The van der Waals surface area contributed by atoms with Gasteiger partial charge in [-0.25, -0.2) is 4.39 Å². The van der Waals surface area contributed by atoms with Crippen LogP contribution in [0.25, 0.3) is 0 Å². The highest BCUT2D eigenvalue weighted by Crippen LogP contribution is 2.40. The van der Waals surface area contributed by atoms with Crippen molar-refractivity contribution >= 4 is 34.6 Å². The first-order chi connectivity index (χ1) is 14.8. The van der Waals surface area contributed by atoms with E-state index in [1.165, 1.54) is 29.2 Å². The van der Waals surface area contributed by atoms with E-state index >= 15 is 0 Å². The number of carbonyl (C=O) groups is 1. The second kappa shape index (κ2) is 7.89. The largest absolute Gasteiger partial charge is 0.324 e. The Morgan fingerprint density at radius 3 is 2.52 bits per heavy atom. The van der Waals surface area contributed by atoms with Gasteiger partial charge in [-0.15, -0.1) is 0 Å². The molecule has 0 spiro atoms. The maximum Gasteiger partial charge on any atom is 0.261 e. The lowest BCUT2D eigenvalue weighted by Crippen LogP contribution is -2.45. The molecule has 31 heavy (non-hydrogen) atoms. The van der Waals surface area contributed by atoms with Crippen LogP contribution in [0.15, 0.2) is 47.3 Å². The lowest BCUT2D eigenvalue weighted by molar-refractivity contribution is 0.0983. The fourth-order valence-electron chi connectivity index (χ4n) is 3.82. The molecule has 0 radical (unpaired) electrons. The van der Waals surface area contributed by atoms with Crippen LogP contribution in [0.4, 0.5) is 21.5 Å². The molecular weight excluding hydrogens is 419 g/mol. The Morgan fingerprint density at radius 1 is 1.10 bits per heavy atom. The van der Waals surface area contributed by atoms with Crippen molar-refractivity contribution in [3.8, 4) is 6.07 Å². The molecule has 2 aromatic carbocycles. The summed E-state index contributed by atoms with van der Waals surface area (Å²) in [5.41, 5.74) is 3.36. The Morgan fingerprint density at radius 2 is 1.84 bits per heavy atom. The van der Waals surface area contributed by atoms with Crippen molar-refractivity contribution in [1.29, 1.82) is 5.26 Å². The van der Waals surface area contributed by atoms with Gasteiger partial charge in [-0.05, 0) is 55.3 Å². The zero-order valence-corrected chi connectivity index (χ0v) is 17.6. The van der Waals surface area contributed by atoms with Gasteiger partial charge in [-0.1, -0.05) is 18.5 Å². The number of anilines is 3. The number of nitrogens with one attached hydrogen (secondary N) is 1. The number of nitrogens with zero attached hydrogens (tertiary/aromatic N) is 3. The summed E-state index contributed by atoms with van der Waals surface area (Å²) in [6.45, 7) is 3.75. The first-order valence-corrected chi connectivity index (χ1v) is 10.0. The van der Waals surface area contributed by atoms with Crippen LogP contribution >= 0.6 is 11.6 Å². The van der Waals surface area contributed by atoms with Gasteiger partial charge in [-0.3, -0.25) is 14.5 Å². The van der Waals surface area contributed by atoms with Gasteiger partial charge in [0.25, 0.3) is 5.91 Å². The monoisotopic (exact) mass is 436 g/mol. The van der Waals surface area contributed by atoms with Crippen molar-refractivity contribution < 1.29 is 9.18 Å². The van der Waals surface area contributed by atoms with E-state index in [0.717, 1.165) is 11.3 Å². The van der Waals surface area contributed by atoms with Crippen LogP contribution in [0.3, 0.4) is 0 Å². The molecule has 4 rings (SSSR count). The summed E-state index contributed by atoms with van der Waals surface area (Å²) in [5.74, 6) is -0.663. The Balaban J connectivity index is 1.96. The van der Waals surface area contributed by atoms with Gasteiger partial charge >= 0.3 is 0 Å². The van der Waals surface area contributed by atoms with E-state index in [9.17, 15) is 19.2 Å². The van der Waals surface area contributed by atoms with Gasteiger partial charge < -0.3 is 9.88 Å².